The summed E-state index contributed by atoms with van der Waals surface area (Å²) in [7, 11) is -4.24. The smallest absolute Gasteiger partial charge is 0.307 e. The fraction of sp³-hybridized carbons (Fsp3) is 0.464. The highest BCUT2D eigenvalue weighted by Gasteiger charge is 2.48. The minimum Gasteiger partial charge on any atom is -0.481 e. The van der Waals surface area contributed by atoms with Gasteiger partial charge >= 0.3 is 5.97 Å². The van der Waals surface area contributed by atoms with Crippen LogP contribution in [0.25, 0.3) is 0 Å². The van der Waals surface area contributed by atoms with Crippen LogP contribution in [0.5, 0.6) is 0 Å². The van der Waals surface area contributed by atoms with E-state index < -0.39 is 45.2 Å². The number of carboxylic acid groups (broad SMARTS) is 1. The van der Waals surface area contributed by atoms with E-state index in [-0.39, 0.29) is 16.5 Å². The fourth-order valence-corrected chi connectivity index (χ4v) is 6.47. The number of carbonyl (C=O) groups is 2. The van der Waals surface area contributed by atoms with E-state index in [9.17, 15) is 23.1 Å². The normalized spacial score (nSPS) is 17.8. The summed E-state index contributed by atoms with van der Waals surface area (Å²) < 4.78 is 44.3. The number of piperidine rings is 1. The topological polar surface area (TPSA) is 152 Å². The second-order valence-corrected chi connectivity index (χ2v) is 13.0. The predicted molar refractivity (Wildman–Crippen MR) is 154 cm³/mol. The van der Waals surface area contributed by atoms with Gasteiger partial charge in [0.05, 0.1) is 23.5 Å². The Labute approximate surface area is 239 Å². The minimum atomic E-state index is -4.24. The molecule has 13 heteroatoms. The third kappa shape index (κ3) is 7.14. The molecule has 0 aromatic heterocycles. The van der Waals surface area contributed by atoms with Gasteiger partial charge in [-0.15, -0.1) is 0 Å². The van der Waals surface area contributed by atoms with Crippen molar-refractivity contribution in [3.05, 3.63) is 59.9 Å². The molecular formula is C28H37FN6O5S. The SMILES string of the molecule is CC(C)(C)C(CC(=O)O)(NC(=O)c1ccc(N2CCC(NC3=NCCN3)CC2)c(F)c1)NS(=O)(=O)c1ccccc1. The van der Waals surface area contributed by atoms with Gasteiger partial charge in [-0.2, -0.15) is 4.72 Å². The predicted octanol–water partition coefficient (Wildman–Crippen LogP) is 2.27. The lowest BCUT2D eigenvalue weighted by Gasteiger charge is -2.44. The summed E-state index contributed by atoms with van der Waals surface area (Å²) in [6, 6.07) is 11.7. The van der Waals surface area contributed by atoms with E-state index in [0.29, 0.717) is 18.8 Å². The van der Waals surface area contributed by atoms with Crippen molar-refractivity contribution in [2.24, 2.45) is 10.4 Å². The Kier molecular flexibility index (Phi) is 8.88. The van der Waals surface area contributed by atoms with Crippen LogP contribution in [-0.4, -0.2) is 69.2 Å². The number of nitrogens with zero attached hydrogens (tertiary/aromatic N) is 2. The molecule has 0 bridgehead atoms. The summed E-state index contributed by atoms with van der Waals surface area (Å²) in [6.07, 6.45) is 0.820. The summed E-state index contributed by atoms with van der Waals surface area (Å²) >= 11 is 0. The summed E-state index contributed by atoms with van der Waals surface area (Å²) in [4.78, 5) is 31.5. The van der Waals surface area contributed by atoms with Gasteiger partial charge in [0.2, 0.25) is 10.0 Å². The molecule has 0 saturated carbocycles. The molecule has 0 spiro atoms. The average molecular weight is 589 g/mol. The lowest BCUT2D eigenvalue weighted by Crippen LogP contribution is -2.68. The molecule has 222 valence electrons. The lowest BCUT2D eigenvalue weighted by molar-refractivity contribution is -0.140. The number of aliphatic carboxylic acids is 1. The van der Waals surface area contributed by atoms with Gasteiger partial charge in [0, 0.05) is 36.7 Å². The Morgan fingerprint density at radius 2 is 1.80 bits per heavy atom. The summed E-state index contributed by atoms with van der Waals surface area (Å²) in [5.41, 5.74) is -2.74. The molecule has 1 saturated heterocycles. The van der Waals surface area contributed by atoms with Crippen molar-refractivity contribution < 1.29 is 27.5 Å². The third-order valence-corrected chi connectivity index (χ3v) is 8.96. The number of nitrogens with one attached hydrogen (secondary N) is 4. The van der Waals surface area contributed by atoms with E-state index >= 15 is 4.39 Å². The van der Waals surface area contributed by atoms with Crippen LogP contribution < -0.4 is 25.6 Å². The van der Waals surface area contributed by atoms with Crippen molar-refractivity contribution in [3.63, 3.8) is 0 Å². The molecule has 2 aliphatic heterocycles. The van der Waals surface area contributed by atoms with Gasteiger partial charge in [-0.3, -0.25) is 14.6 Å². The number of carboxylic acids is 1. The van der Waals surface area contributed by atoms with E-state index in [4.69, 9.17) is 0 Å². The number of sulfonamides is 1. The average Bonchev–Trinajstić information content (AvgIpc) is 3.41. The van der Waals surface area contributed by atoms with Crippen LogP contribution in [0.2, 0.25) is 0 Å². The number of halogens is 1. The number of carbonyl (C=O) groups excluding carboxylic acids is 1. The maximum atomic E-state index is 15.3. The number of guanidine groups is 1. The monoisotopic (exact) mass is 588 g/mol. The van der Waals surface area contributed by atoms with Crippen LogP contribution in [0.1, 0.15) is 50.4 Å². The maximum absolute atomic E-state index is 15.3. The van der Waals surface area contributed by atoms with Crippen molar-refractivity contribution in [2.75, 3.05) is 31.1 Å². The molecule has 1 atom stereocenters. The molecule has 1 unspecified atom stereocenters. The maximum Gasteiger partial charge on any atom is 0.307 e. The van der Waals surface area contributed by atoms with Gasteiger partial charge in [0.15, 0.2) is 5.96 Å². The van der Waals surface area contributed by atoms with Crippen LogP contribution in [0.4, 0.5) is 10.1 Å². The first-order valence-corrected chi connectivity index (χ1v) is 15.0. The first-order valence-electron chi connectivity index (χ1n) is 13.5. The van der Waals surface area contributed by atoms with Crippen LogP contribution >= 0.6 is 0 Å². The first-order chi connectivity index (χ1) is 19.3. The molecule has 5 N–H and O–H groups in total. The highest BCUT2D eigenvalue weighted by molar-refractivity contribution is 7.89. The number of anilines is 1. The van der Waals surface area contributed by atoms with E-state index in [1.807, 2.05) is 4.90 Å². The molecule has 1 amide bonds. The van der Waals surface area contributed by atoms with E-state index in [1.165, 1.54) is 36.4 Å². The van der Waals surface area contributed by atoms with Gasteiger partial charge in [-0.1, -0.05) is 39.0 Å². The standard InChI is InChI=1S/C28H37FN6O5S/c1-27(2,3)28(18-24(36)37,34-41(39,40)21-7-5-4-6-8-21)33-25(38)19-9-10-23(22(29)17-19)35-15-11-20(12-16-35)32-26-30-13-14-31-26/h4-10,17,20,34H,11-16,18H2,1-3H3,(H,33,38)(H,36,37)(H2,30,31,32). The third-order valence-electron chi connectivity index (χ3n) is 7.45. The molecular weight excluding hydrogens is 551 g/mol. The number of rotatable bonds is 9. The first kappa shape index (κ1) is 30.3. The molecule has 0 radical (unpaired) electrons. The Bertz CT molecular complexity index is 1400. The summed E-state index contributed by atoms with van der Waals surface area (Å²) in [5.74, 6) is -1.94. The Morgan fingerprint density at radius 1 is 1.12 bits per heavy atom. The zero-order valence-corrected chi connectivity index (χ0v) is 24.2. The molecule has 2 aliphatic rings. The number of amides is 1. The Balaban J connectivity index is 1.52. The Morgan fingerprint density at radius 3 is 2.37 bits per heavy atom. The number of hydrogen-bond acceptors (Lipinski definition) is 8. The van der Waals surface area contributed by atoms with Crippen molar-refractivity contribution in [3.8, 4) is 0 Å². The van der Waals surface area contributed by atoms with Crippen molar-refractivity contribution in [1.82, 2.24) is 20.7 Å². The quantitative estimate of drug-likeness (QED) is 0.280. The highest BCUT2D eigenvalue weighted by Crippen LogP contribution is 2.34. The number of hydrogen-bond donors (Lipinski definition) is 5. The molecule has 2 aromatic carbocycles. The highest BCUT2D eigenvalue weighted by atomic mass is 32.2. The molecule has 2 aromatic rings. The van der Waals surface area contributed by atoms with Crippen molar-refractivity contribution in [2.45, 2.75) is 56.6 Å². The van der Waals surface area contributed by atoms with Gasteiger partial charge in [0.25, 0.3) is 5.91 Å². The molecule has 0 aliphatic carbocycles. The van der Waals surface area contributed by atoms with Gasteiger partial charge in [-0.25, -0.2) is 12.8 Å². The lowest BCUT2D eigenvalue weighted by atomic mass is 9.78. The van der Waals surface area contributed by atoms with Crippen molar-refractivity contribution in [1.29, 1.82) is 0 Å². The molecule has 1 fully saturated rings. The van der Waals surface area contributed by atoms with E-state index in [1.54, 1.807) is 26.8 Å². The number of aliphatic imine (C=N–C) groups is 1. The zero-order chi connectivity index (χ0) is 29.8. The molecule has 2 heterocycles. The van der Waals surface area contributed by atoms with Crippen LogP contribution in [0.15, 0.2) is 58.4 Å². The van der Waals surface area contributed by atoms with E-state index in [2.05, 4.69) is 25.7 Å². The van der Waals surface area contributed by atoms with Crippen LogP contribution in [0.3, 0.4) is 0 Å². The number of benzene rings is 2. The fourth-order valence-electron chi connectivity index (χ4n) is 4.95. The van der Waals surface area contributed by atoms with Gasteiger partial charge in [-0.05, 0) is 43.2 Å². The zero-order valence-electron chi connectivity index (χ0n) is 23.4. The van der Waals surface area contributed by atoms with Crippen LogP contribution in [0, 0.1) is 11.2 Å². The van der Waals surface area contributed by atoms with Crippen molar-refractivity contribution >= 4 is 33.5 Å². The van der Waals surface area contributed by atoms with E-state index in [0.717, 1.165) is 38.0 Å². The largest absolute Gasteiger partial charge is 0.481 e. The minimum absolute atomic E-state index is 0.0638. The Hall–Kier alpha value is -3.71. The molecule has 41 heavy (non-hydrogen) atoms. The van der Waals surface area contributed by atoms with Crippen LogP contribution in [-0.2, 0) is 14.8 Å². The molecule has 11 nitrogen and oxygen atoms in total. The molecule has 4 rings (SSSR count). The van der Waals surface area contributed by atoms with Gasteiger partial charge < -0.3 is 26.0 Å². The second kappa shape index (κ2) is 12.0. The summed E-state index contributed by atoms with van der Waals surface area (Å²) in [6.45, 7) is 7.63. The summed E-state index contributed by atoms with van der Waals surface area (Å²) in [5, 5.41) is 18.9. The van der Waals surface area contributed by atoms with Gasteiger partial charge in [0.1, 0.15) is 11.5 Å². The second-order valence-electron chi connectivity index (χ2n) is 11.3.